The summed E-state index contributed by atoms with van der Waals surface area (Å²) in [4.78, 5) is 10.6. The number of nitrogens with zero attached hydrogens (tertiary/aromatic N) is 3. The normalized spacial score (nSPS) is 15.3. The summed E-state index contributed by atoms with van der Waals surface area (Å²) >= 11 is 0. The summed E-state index contributed by atoms with van der Waals surface area (Å²) in [6.45, 7) is 4.74. The van der Waals surface area contributed by atoms with Gasteiger partial charge in [0.25, 0.3) is 0 Å². The van der Waals surface area contributed by atoms with Gasteiger partial charge < -0.3 is 10.2 Å². The Morgan fingerprint density at radius 2 is 2.33 bits per heavy atom. The highest BCUT2D eigenvalue weighted by molar-refractivity contribution is 5.81. The maximum atomic E-state index is 4.37. The first kappa shape index (κ1) is 9.96. The molecule has 1 aliphatic heterocycles. The molecule has 4 nitrogen and oxygen atoms in total. The monoisotopic (exact) mass is 204 g/mol. The van der Waals surface area contributed by atoms with Crippen molar-refractivity contribution in [3.63, 3.8) is 0 Å². The van der Waals surface area contributed by atoms with Crippen LogP contribution in [0.5, 0.6) is 0 Å². The van der Waals surface area contributed by atoms with Crippen LogP contribution in [0, 0.1) is 6.92 Å². The number of hydrogen-bond donors (Lipinski definition) is 1. The lowest BCUT2D eigenvalue weighted by Crippen LogP contribution is -2.35. The van der Waals surface area contributed by atoms with Crippen LogP contribution in [0.4, 0.5) is 0 Å². The number of aliphatic imine (C=N–C) groups is 1. The molecule has 80 valence electrons. The topological polar surface area (TPSA) is 40.5 Å². The Kier molecular flexibility index (Phi) is 2.85. The lowest BCUT2D eigenvalue weighted by atomic mass is 10.2. The van der Waals surface area contributed by atoms with E-state index in [4.69, 9.17) is 0 Å². The van der Waals surface area contributed by atoms with Crippen molar-refractivity contribution in [2.75, 3.05) is 20.1 Å². The van der Waals surface area contributed by atoms with E-state index in [0.29, 0.717) is 0 Å². The van der Waals surface area contributed by atoms with Gasteiger partial charge in [-0.05, 0) is 18.1 Å². The molecular formula is C11H16N4. The molecule has 15 heavy (non-hydrogen) atoms. The quantitative estimate of drug-likeness (QED) is 0.774. The molecule has 0 radical (unpaired) electrons. The molecule has 0 saturated carbocycles. The van der Waals surface area contributed by atoms with E-state index in [-0.39, 0.29) is 0 Å². The first-order valence-corrected chi connectivity index (χ1v) is 5.16. The lowest BCUT2D eigenvalue weighted by molar-refractivity contribution is 0.534. The van der Waals surface area contributed by atoms with E-state index in [9.17, 15) is 0 Å². The fourth-order valence-electron chi connectivity index (χ4n) is 1.62. The summed E-state index contributed by atoms with van der Waals surface area (Å²) in [5, 5.41) is 3.31. The van der Waals surface area contributed by atoms with Crippen LogP contribution in [0.2, 0.25) is 0 Å². The summed E-state index contributed by atoms with van der Waals surface area (Å²) in [6, 6.07) is 2.13. The number of pyridine rings is 1. The van der Waals surface area contributed by atoms with Crippen molar-refractivity contribution in [3.05, 3.63) is 29.6 Å². The molecule has 0 bridgehead atoms. The number of nitrogens with one attached hydrogen (secondary N) is 1. The van der Waals surface area contributed by atoms with Crippen LogP contribution in [0.15, 0.2) is 23.5 Å². The van der Waals surface area contributed by atoms with Gasteiger partial charge in [-0.25, -0.2) is 0 Å². The van der Waals surface area contributed by atoms with Gasteiger partial charge in [0.05, 0.1) is 6.54 Å². The second kappa shape index (κ2) is 4.29. The standard InChI is InChI=1S/C11H16N4/c1-9-5-10(7-12-6-9)8-14-11-13-3-4-15(11)2/h5-7H,3-4,8H2,1-2H3,(H,13,14). The van der Waals surface area contributed by atoms with Crippen LogP contribution in [0.25, 0.3) is 0 Å². The summed E-state index contributed by atoms with van der Waals surface area (Å²) < 4.78 is 0. The van der Waals surface area contributed by atoms with Crippen molar-refractivity contribution in [1.82, 2.24) is 15.2 Å². The number of guanidine groups is 1. The van der Waals surface area contributed by atoms with Gasteiger partial charge in [-0.3, -0.25) is 9.98 Å². The van der Waals surface area contributed by atoms with Gasteiger partial charge >= 0.3 is 0 Å². The van der Waals surface area contributed by atoms with E-state index < -0.39 is 0 Å². The van der Waals surface area contributed by atoms with Crippen LogP contribution in [-0.4, -0.2) is 36.0 Å². The Balaban J connectivity index is 1.93. The van der Waals surface area contributed by atoms with Crippen molar-refractivity contribution in [2.24, 2.45) is 4.99 Å². The molecule has 2 heterocycles. The minimum absolute atomic E-state index is 0.790. The Morgan fingerprint density at radius 1 is 1.47 bits per heavy atom. The number of aromatic nitrogens is 1. The highest BCUT2D eigenvalue weighted by atomic mass is 15.3. The molecule has 0 aromatic carbocycles. The number of likely N-dealkylation sites (N-methyl/N-ethyl adjacent to an activating group) is 1. The minimum Gasteiger partial charge on any atom is -0.352 e. The van der Waals surface area contributed by atoms with E-state index >= 15 is 0 Å². The first-order valence-electron chi connectivity index (χ1n) is 5.16. The molecule has 1 N–H and O–H groups in total. The molecule has 2 rings (SSSR count). The van der Waals surface area contributed by atoms with Gasteiger partial charge in [0.2, 0.25) is 0 Å². The highest BCUT2D eigenvalue weighted by Gasteiger charge is 2.10. The minimum atomic E-state index is 0.790. The predicted octanol–water partition coefficient (Wildman–Crippen LogP) is 0.781. The molecule has 0 atom stereocenters. The van der Waals surface area contributed by atoms with Crippen molar-refractivity contribution in [1.29, 1.82) is 0 Å². The Labute approximate surface area is 90.0 Å². The Bertz CT molecular complexity index is 373. The van der Waals surface area contributed by atoms with Gasteiger partial charge in [-0.15, -0.1) is 0 Å². The lowest BCUT2D eigenvalue weighted by Gasteiger charge is -2.15. The third kappa shape index (κ3) is 2.46. The van der Waals surface area contributed by atoms with Crippen molar-refractivity contribution >= 4 is 5.96 Å². The SMILES string of the molecule is Cc1cncc(CNC2=NCCN2C)c1. The molecule has 0 amide bonds. The molecule has 1 aliphatic rings. The van der Waals surface area contributed by atoms with Gasteiger partial charge in [-0.1, -0.05) is 6.07 Å². The largest absolute Gasteiger partial charge is 0.352 e. The molecular weight excluding hydrogens is 188 g/mol. The molecule has 0 saturated heterocycles. The van der Waals surface area contributed by atoms with Crippen LogP contribution < -0.4 is 5.32 Å². The van der Waals surface area contributed by atoms with E-state index in [2.05, 4.69) is 33.2 Å². The fraction of sp³-hybridized carbons (Fsp3) is 0.455. The van der Waals surface area contributed by atoms with Gasteiger partial charge in [0.15, 0.2) is 5.96 Å². The number of rotatable bonds is 2. The molecule has 4 heteroatoms. The molecule has 0 unspecified atom stereocenters. The Morgan fingerprint density at radius 3 is 3.00 bits per heavy atom. The molecule has 1 aromatic rings. The van der Waals surface area contributed by atoms with Crippen LogP contribution in [0.3, 0.4) is 0 Å². The Hall–Kier alpha value is -1.58. The average Bonchev–Trinajstić information content (AvgIpc) is 2.61. The molecule has 0 spiro atoms. The van der Waals surface area contributed by atoms with Crippen LogP contribution in [-0.2, 0) is 6.54 Å². The number of hydrogen-bond acceptors (Lipinski definition) is 4. The van der Waals surface area contributed by atoms with Crippen LogP contribution >= 0.6 is 0 Å². The van der Waals surface area contributed by atoms with E-state index in [0.717, 1.165) is 25.6 Å². The maximum absolute atomic E-state index is 4.37. The van der Waals surface area contributed by atoms with E-state index in [1.54, 1.807) is 0 Å². The summed E-state index contributed by atoms with van der Waals surface area (Å²) in [5.41, 5.74) is 2.38. The molecule has 1 aromatic heterocycles. The summed E-state index contributed by atoms with van der Waals surface area (Å²) in [5.74, 6) is 0.983. The van der Waals surface area contributed by atoms with E-state index in [1.165, 1.54) is 11.1 Å². The van der Waals surface area contributed by atoms with Gasteiger partial charge in [-0.2, -0.15) is 0 Å². The third-order valence-electron chi connectivity index (χ3n) is 2.44. The zero-order chi connectivity index (χ0) is 10.7. The first-order chi connectivity index (χ1) is 7.25. The van der Waals surface area contributed by atoms with Crippen molar-refractivity contribution in [3.8, 4) is 0 Å². The average molecular weight is 204 g/mol. The predicted molar refractivity (Wildman–Crippen MR) is 60.7 cm³/mol. The second-order valence-electron chi connectivity index (χ2n) is 3.85. The zero-order valence-corrected chi connectivity index (χ0v) is 9.20. The number of aryl methyl sites for hydroxylation is 1. The molecule has 0 fully saturated rings. The van der Waals surface area contributed by atoms with Gasteiger partial charge in [0, 0.05) is 32.5 Å². The molecule has 0 aliphatic carbocycles. The third-order valence-corrected chi connectivity index (χ3v) is 2.44. The smallest absolute Gasteiger partial charge is 0.194 e. The zero-order valence-electron chi connectivity index (χ0n) is 9.20. The van der Waals surface area contributed by atoms with E-state index in [1.807, 2.05) is 19.4 Å². The van der Waals surface area contributed by atoms with Crippen LogP contribution in [0.1, 0.15) is 11.1 Å². The second-order valence-corrected chi connectivity index (χ2v) is 3.85. The highest BCUT2D eigenvalue weighted by Crippen LogP contribution is 2.02. The maximum Gasteiger partial charge on any atom is 0.194 e. The summed E-state index contributed by atoms with van der Waals surface area (Å²) in [6.07, 6.45) is 3.75. The van der Waals surface area contributed by atoms with Crippen molar-refractivity contribution < 1.29 is 0 Å². The fourth-order valence-corrected chi connectivity index (χ4v) is 1.62. The van der Waals surface area contributed by atoms with Gasteiger partial charge in [0.1, 0.15) is 0 Å². The van der Waals surface area contributed by atoms with Crippen molar-refractivity contribution in [2.45, 2.75) is 13.5 Å². The summed E-state index contributed by atoms with van der Waals surface area (Å²) in [7, 11) is 2.05.